The lowest BCUT2D eigenvalue weighted by Gasteiger charge is -2.21. The first kappa shape index (κ1) is 18.2. The lowest BCUT2D eigenvalue weighted by atomic mass is 9.86. The topological polar surface area (TPSA) is 71.0 Å². The van der Waals surface area contributed by atoms with Gasteiger partial charge in [-0.2, -0.15) is 9.46 Å². The van der Waals surface area contributed by atoms with Crippen molar-refractivity contribution in [2.24, 2.45) is 4.36 Å². The first-order valence-corrected chi connectivity index (χ1v) is 11.8. The summed E-state index contributed by atoms with van der Waals surface area (Å²) < 4.78 is 16.9. The zero-order valence-electron chi connectivity index (χ0n) is 16.4. The van der Waals surface area contributed by atoms with E-state index >= 15 is 0 Å². The molecule has 0 spiro atoms. The predicted octanol–water partition coefficient (Wildman–Crippen LogP) is 5.55. The Morgan fingerprint density at radius 3 is 2.67 bits per heavy atom. The normalized spacial score (nSPS) is 15.5. The van der Waals surface area contributed by atoms with Crippen molar-refractivity contribution >= 4 is 42.8 Å². The molecule has 6 heteroatoms. The van der Waals surface area contributed by atoms with Gasteiger partial charge in [-0.25, -0.2) is 9.19 Å². The molecule has 1 aliphatic carbocycles. The van der Waals surface area contributed by atoms with E-state index in [1.54, 1.807) is 12.5 Å². The Hall–Kier alpha value is -2.21. The van der Waals surface area contributed by atoms with Gasteiger partial charge in [0.05, 0.1) is 17.4 Å². The summed E-state index contributed by atoms with van der Waals surface area (Å²) in [7, 11) is -2.32. The van der Waals surface area contributed by atoms with Gasteiger partial charge in [0, 0.05) is 38.6 Å². The molecular formula is C21H26N4OS. The van der Waals surface area contributed by atoms with Gasteiger partial charge in [-0.05, 0) is 54.7 Å². The van der Waals surface area contributed by atoms with Crippen LogP contribution in [0.15, 0.2) is 28.8 Å². The average molecular weight is 383 g/mol. The Bertz CT molecular complexity index is 1170. The molecule has 0 radical (unpaired) electrons. The molecule has 27 heavy (non-hydrogen) atoms. The third kappa shape index (κ3) is 3.50. The van der Waals surface area contributed by atoms with Crippen molar-refractivity contribution in [2.75, 3.05) is 12.5 Å². The van der Waals surface area contributed by atoms with Gasteiger partial charge >= 0.3 is 0 Å². The molecule has 0 saturated carbocycles. The second-order valence-corrected chi connectivity index (χ2v) is 10.5. The monoisotopic (exact) mass is 382 g/mol. The minimum Gasteiger partial charge on any atom is -0.278 e. The molecule has 0 aliphatic heterocycles. The van der Waals surface area contributed by atoms with Crippen LogP contribution in [0.1, 0.15) is 56.7 Å². The SMILES string of the molecule is CC(C)c1nc(N=S(C)(C)=O)c2cc3[nH]ncc3cc2c1C1=CCCCC1. The number of hydrogen-bond acceptors (Lipinski definition) is 4. The van der Waals surface area contributed by atoms with E-state index in [2.05, 4.69) is 40.5 Å². The minimum absolute atomic E-state index is 0.256. The van der Waals surface area contributed by atoms with E-state index in [-0.39, 0.29) is 5.92 Å². The van der Waals surface area contributed by atoms with E-state index in [0.29, 0.717) is 5.82 Å². The molecule has 3 aromatic rings. The average Bonchev–Trinajstić information content (AvgIpc) is 3.06. The molecule has 4 rings (SSSR count). The highest BCUT2D eigenvalue weighted by molar-refractivity contribution is 7.92. The van der Waals surface area contributed by atoms with Crippen LogP contribution in [0.25, 0.3) is 27.2 Å². The Labute approximate surface area is 160 Å². The van der Waals surface area contributed by atoms with Crippen LogP contribution in [0.5, 0.6) is 0 Å². The Balaban J connectivity index is 2.17. The standard InChI is InChI=1S/C21H26N4OS/c1-13(2)20-19(14-8-6-5-7-9-14)16-10-15-12-22-24-18(15)11-17(16)21(23-20)25-27(3,4)26/h8,10-13H,5-7,9H2,1-4H3,(H,22,24). The van der Waals surface area contributed by atoms with Crippen LogP contribution >= 0.6 is 0 Å². The molecular weight excluding hydrogens is 356 g/mol. The highest BCUT2D eigenvalue weighted by Gasteiger charge is 2.21. The van der Waals surface area contributed by atoms with Crippen molar-refractivity contribution < 1.29 is 4.21 Å². The Morgan fingerprint density at radius 2 is 2.00 bits per heavy atom. The molecule has 142 valence electrons. The number of fused-ring (bicyclic) bond motifs is 2. The number of rotatable bonds is 3. The number of benzene rings is 1. The predicted molar refractivity (Wildman–Crippen MR) is 114 cm³/mol. The van der Waals surface area contributed by atoms with Crippen molar-refractivity contribution in [2.45, 2.75) is 45.4 Å². The Kier molecular flexibility index (Phi) is 4.54. The number of aromatic amines is 1. The van der Waals surface area contributed by atoms with E-state index < -0.39 is 9.73 Å². The maximum atomic E-state index is 12.4. The summed E-state index contributed by atoms with van der Waals surface area (Å²) in [4.78, 5) is 4.93. The maximum absolute atomic E-state index is 12.4. The van der Waals surface area contributed by atoms with Crippen LogP contribution in [-0.2, 0) is 9.73 Å². The van der Waals surface area contributed by atoms with Gasteiger partial charge in [-0.15, -0.1) is 0 Å². The third-order valence-corrected chi connectivity index (χ3v) is 5.65. The van der Waals surface area contributed by atoms with Gasteiger partial charge in [0.15, 0.2) is 5.82 Å². The quantitative estimate of drug-likeness (QED) is 0.645. The van der Waals surface area contributed by atoms with Crippen LogP contribution in [0.3, 0.4) is 0 Å². The smallest absolute Gasteiger partial charge is 0.169 e. The van der Waals surface area contributed by atoms with E-state index in [1.807, 2.05) is 12.3 Å². The van der Waals surface area contributed by atoms with E-state index in [1.165, 1.54) is 24.0 Å². The molecule has 5 nitrogen and oxygen atoms in total. The number of hydrogen-bond donors (Lipinski definition) is 1. The number of pyridine rings is 1. The number of allylic oxidation sites excluding steroid dienone is 2. The van der Waals surface area contributed by atoms with Crippen LogP contribution in [0.2, 0.25) is 0 Å². The van der Waals surface area contributed by atoms with Gasteiger partial charge in [0.25, 0.3) is 0 Å². The van der Waals surface area contributed by atoms with Gasteiger partial charge in [0.1, 0.15) is 0 Å². The highest BCUT2D eigenvalue weighted by Crippen LogP contribution is 2.40. The largest absolute Gasteiger partial charge is 0.278 e. The van der Waals surface area contributed by atoms with Gasteiger partial charge in [0.2, 0.25) is 0 Å². The molecule has 1 aromatic carbocycles. The molecule has 1 aliphatic rings. The zero-order valence-corrected chi connectivity index (χ0v) is 17.2. The summed E-state index contributed by atoms with van der Waals surface area (Å²) in [5.74, 6) is 0.825. The lowest BCUT2D eigenvalue weighted by Crippen LogP contribution is -2.04. The van der Waals surface area contributed by atoms with Crippen molar-refractivity contribution in [1.29, 1.82) is 0 Å². The van der Waals surface area contributed by atoms with E-state index in [4.69, 9.17) is 4.98 Å². The van der Waals surface area contributed by atoms with Crippen molar-refractivity contribution in [3.8, 4) is 0 Å². The molecule has 0 fully saturated rings. The van der Waals surface area contributed by atoms with Gasteiger partial charge in [-0.3, -0.25) is 5.10 Å². The third-order valence-electron chi connectivity index (χ3n) is 5.04. The lowest BCUT2D eigenvalue weighted by molar-refractivity contribution is 0.684. The number of aromatic nitrogens is 3. The summed E-state index contributed by atoms with van der Waals surface area (Å²) in [6.45, 7) is 4.33. The van der Waals surface area contributed by atoms with Gasteiger partial charge in [-0.1, -0.05) is 19.9 Å². The molecule has 1 N–H and O–H groups in total. The van der Waals surface area contributed by atoms with Crippen LogP contribution in [0.4, 0.5) is 5.82 Å². The fraction of sp³-hybridized carbons (Fsp3) is 0.429. The Morgan fingerprint density at radius 1 is 1.19 bits per heavy atom. The van der Waals surface area contributed by atoms with Crippen LogP contribution in [-0.4, -0.2) is 31.9 Å². The fourth-order valence-corrected chi connectivity index (χ4v) is 4.41. The highest BCUT2D eigenvalue weighted by atomic mass is 32.2. The first-order chi connectivity index (χ1) is 12.8. The molecule has 0 saturated heterocycles. The number of nitrogens with one attached hydrogen (secondary N) is 1. The summed E-state index contributed by atoms with van der Waals surface area (Å²) in [5, 5.41) is 10.4. The first-order valence-electron chi connectivity index (χ1n) is 9.51. The van der Waals surface area contributed by atoms with Crippen molar-refractivity contribution in [1.82, 2.24) is 15.2 Å². The molecule has 0 amide bonds. The second kappa shape index (κ2) is 6.75. The summed E-state index contributed by atoms with van der Waals surface area (Å²) >= 11 is 0. The fourth-order valence-electron chi connectivity index (χ4n) is 3.85. The van der Waals surface area contributed by atoms with Crippen molar-refractivity contribution in [3.63, 3.8) is 0 Å². The number of H-pyrrole nitrogens is 1. The maximum Gasteiger partial charge on any atom is 0.169 e. The molecule has 0 atom stereocenters. The zero-order chi connectivity index (χ0) is 19.2. The van der Waals surface area contributed by atoms with E-state index in [9.17, 15) is 4.21 Å². The molecule has 0 bridgehead atoms. The van der Waals surface area contributed by atoms with Gasteiger partial charge < -0.3 is 0 Å². The van der Waals surface area contributed by atoms with Crippen molar-refractivity contribution in [3.05, 3.63) is 35.7 Å². The van der Waals surface area contributed by atoms with E-state index in [0.717, 1.165) is 40.2 Å². The van der Waals surface area contributed by atoms with Crippen LogP contribution in [0, 0.1) is 0 Å². The summed E-state index contributed by atoms with van der Waals surface area (Å²) in [5.41, 5.74) is 4.60. The minimum atomic E-state index is -2.32. The molecule has 0 unspecified atom stereocenters. The number of nitrogens with zero attached hydrogens (tertiary/aromatic N) is 3. The summed E-state index contributed by atoms with van der Waals surface area (Å²) in [6.07, 6.45) is 12.2. The second-order valence-electron chi connectivity index (χ2n) is 7.95. The van der Waals surface area contributed by atoms with Crippen LogP contribution < -0.4 is 0 Å². The molecule has 2 aromatic heterocycles. The molecule has 2 heterocycles. The summed E-state index contributed by atoms with van der Waals surface area (Å²) in [6, 6.07) is 4.23.